The van der Waals surface area contributed by atoms with Gasteiger partial charge in [0.05, 0.1) is 0 Å². The van der Waals surface area contributed by atoms with E-state index in [0.29, 0.717) is 5.69 Å². The first-order chi connectivity index (χ1) is 11.0. The van der Waals surface area contributed by atoms with Crippen LogP contribution >= 0.6 is 0 Å². The van der Waals surface area contributed by atoms with E-state index in [2.05, 4.69) is 37.0 Å². The number of ether oxygens (including phenoxy) is 1. The minimum absolute atomic E-state index is 0.0149. The number of nitriles is 1. The second kappa shape index (κ2) is 6.62. The molecule has 1 unspecified atom stereocenters. The molecule has 1 aliphatic rings. The molecule has 0 amide bonds. The van der Waals surface area contributed by atoms with Gasteiger partial charge in [0.25, 0.3) is 0 Å². The van der Waals surface area contributed by atoms with Crippen LogP contribution in [-0.2, 0) is 4.74 Å². The van der Waals surface area contributed by atoms with Gasteiger partial charge in [-0.1, -0.05) is 0 Å². The third kappa shape index (κ3) is 3.59. The first-order valence-electron chi connectivity index (χ1n) is 8.07. The van der Waals surface area contributed by atoms with E-state index < -0.39 is 18.4 Å². The normalized spacial score (nSPS) is 18.6. The fraction of sp³-hybridized carbons (Fsp3) is 0.471. The number of aromatic nitrogens is 3. The van der Waals surface area contributed by atoms with Gasteiger partial charge in [-0.05, 0) is 0 Å². The molecule has 3 heterocycles. The van der Waals surface area contributed by atoms with Crippen molar-refractivity contribution in [1.29, 1.82) is 5.26 Å². The van der Waals surface area contributed by atoms with Gasteiger partial charge in [0.15, 0.2) is 0 Å². The summed E-state index contributed by atoms with van der Waals surface area (Å²) in [6.07, 6.45) is 7.05. The van der Waals surface area contributed by atoms with Gasteiger partial charge in [0.2, 0.25) is 0 Å². The Hall–Kier alpha value is -1.39. The first kappa shape index (κ1) is 16.5. The van der Waals surface area contributed by atoms with Crippen LogP contribution in [0.15, 0.2) is 24.5 Å². The van der Waals surface area contributed by atoms with Crippen LogP contribution in [0.5, 0.6) is 0 Å². The molecule has 2 aromatic rings. The van der Waals surface area contributed by atoms with Crippen LogP contribution in [-0.4, -0.2) is 39.7 Å². The van der Waals surface area contributed by atoms with E-state index in [4.69, 9.17) is 4.74 Å². The molecule has 23 heavy (non-hydrogen) atoms. The van der Waals surface area contributed by atoms with Crippen molar-refractivity contribution in [3.8, 4) is 17.2 Å². The van der Waals surface area contributed by atoms with Crippen LogP contribution < -0.4 is 3.71 Å². The average Bonchev–Trinajstić information content (AvgIpc) is 3.04. The summed E-state index contributed by atoms with van der Waals surface area (Å²) in [4.78, 5) is 11.5. The molecule has 6 heteroatoms. The van der Waals surface area contributed by atoms with Crippen LogP contribution in [0.3, 0.4) is 0 Å². The molecule has 3 rings (SSSR count). The van der Waals surface area contributed by atoms with Crippen LogP contribution in [0.1, 0.15) is 31.2 Å². The molecule has 0 N–H and O–H groups in total. The van der Waals surface area contributed by atoms with Crippen molar-refractivity contribution in [1.82, 2.24) is 14.8 Å². The van der Waals surface area contributed by atoms with E-state index in [0.717, 1.165) is 40.7 Å². The Bertz CT molecular complexity index is 736. The number of hydrogen-bond acceptors (Lipinski definition) is 4. The predicted octanol–water partition coefficient (Wildman–Crippen LogP) is 3.06. The van der Waals surface area contributed by atoms with Crippen LogP contribution in [0, 0.1) is 11.3 Å². The van der Waals surface area contributed by atoms with Crippen molar-refractivity contribution < 1.29 is 4.74 Å². The Balaban J connectivity index is 1.93. The molecule has 0 bridgehead atoms. The summed E-state index contributed by atoms with van der Waals surface area (Å²) in [5, 5.41) is 13.9. The van der Waals surface area contributed by atoms with Crippen molar-refractivity contribution >= 4 is 22.1 Å². The first-order valence-corrected chi connectivity index (χ1v) is 18.1. The van der Waals surface area contributed by atoms with E-state index in [1.807, 2.05) is 16.9 Å². The summed E-state index contributed by atoms with van der Waals surface area (Å²) < 4.78 is 8.76. The molecule has 1 fully saturated rings. The second-order valence-corrected chi connectivity index (χ2v) is 21.3. The molecule has 1 saturated heterocycles. The molecule has 0 radical (unpaired) electrons. The van der Waals surface area contributed by atoms with Gasteiger partial charge in [-0.3, -0.25) is 0 Å². The van der Waals surface area contributed by atoms with Crippen molar-refractivity contribution in [2.24, 2.45) is 0 Å². The topological polar surface area (TPSA) is 63.7 Å². The monoisotopic (exact) mass is 418 g/mol. The number of pyridine rings is 1. The summed E-state index contributed by atoms with van der Waals surface area (Å²) in [5.74, 6) is 0. The summed E-state index contributed by atoms with van der Waals surface area (Å²) in [6, 6.07) is 6.35. The van der Waals surface area contributed by atoms with Crippen molar-refractivity contribution in [3.63, 3.8) is 0 Å². The standard InChI is InChI=1S/C14H13N4O.3CH3.Sn/c15-8-13-12(4-3-6-16-13)11-9-17-18(10-11)14-5-1-2-7-19-14;;;;/h3-4,9-10,14H,1-2,5,7H2;3*1H3;. The van der Waals surface area contributed by atoms with E-state index >= 15 is 0 Å². The summed E-state index contributed by atoms with van der Waals surface area (Å²) >= 11 is -2.27. The zero-order valence-electron chi connectivity index (χ0n) is 13.9. The van der Waals surface area contributed by atoms with E-state index in [1.165, 1.54) is 0 Å². The van der Waals surface area contributed by atoms with Crippen molar-refractivity contribution in [2.75, 3.05) is 6.61 Å². The van der Waals surface area contributed by atoms with Gasteiger partial charge in [0, 0.05) is 0 Å². The van der Waals surface area contributed by atoms with Gasteiger partial charge >= 0.3 is 141 Å². The Morgan fingerprint density at radius 3 is 2.78 bits per heavy atom. The third-order valence-corrected chi connectivity index (χ3v) is 9.31. The molecule has 1 aliphatic heterocycles. The summed E-state index contributed by atoms with van der Waals surface area (Å²) in [7, 11) is 0. The van der Waals surface area contributed by atoms with Gasteiger partial charge < -0.3 is 0 Å². The minimum atomic E-state index is -2.27. The van der Waals surface area contributed by atoms with Gasteiger partial charge in [0.1, 0.15) is 0 Å². The Morgan fingerprint density at radius 1 is 1.30 bits per heavy atom. The SMILES string of the molecule is [CH3][Sn]([CH3])([CH3])[c]1ccc(-c2cnn(C3CCCCO3)c2)c(C#N)n1. The predicted molar refractivity (Wildman–Crippen MR) is 92.0 cm³/mol. The van der Waals surface area contributed by atoms with Crippen LogP contribution in [0.25, 0.3) is 11.1 Å². The molecular formula is C17H22N4OSn. The Labute approximate surface area is 141 Å². The number of nitrogens with zero attached hydrogens (tertiary/aromatic N) is 4. The zero-order valence-corrected chi connectivity index (χ0v) is 16.8. The molecule has 1 atom stereocenters. The van der Waals surface area contributed by atoms with Crippen molar-refractivity contribution in [3.05, 3.63) is 30.2 Å². The summed E-state index contributed by atoms with van der Waals surface area (Å²) in [6.45, 7) is 0.790. The number of rotatable bonds is 3. The average molecular weight is 417 g/mol. The van der Waals surface area contributed by atoms with Crippen LogP contribution in [0.4, 0.5) is 0 Å². The molecule has 0 saturated carbocycles. The fourth-order valence-corrected chi connectivity index (χ4v) is 5.70. The zero-order chi connectivity index (χ0) is 16.4. The third-order valence-electron chi connectivity index (χ3n) is 4.13. The summed E-state index contributed by atoms with van der Waals surface area (Å²) in [5.41, 5.74) is 2.28. The van der Waals surface area contributed by atoms with Crippen molar-refractivity contribution in [2.45, 2.75) is 40.3 Å². The van der Waals surface area contributed by atoms with Gasteiger partial charge in [-0.2, -0.15) is 0 Å². The fourth-order valence-electron chi connectivity index (χ4n) is 2.76. The van der Waals surface area contributed by atoms with Crippen LogP contribution in [0.2, 0.25) is 14.8 Å². The molecule has 5 nitrogen and oxygen atoms in total. The maximum absolute atomic E-state index is 9.48. The molecule has 2 aromatic heterocycles. The Morgan fingerprint density at radius 2 is 2.13 bits per heavy atom. The van der Waals surface area contributed by atoms with Gasteiger partial charge in [-0.25, -0.2) is 0 Å². The molecule has 0 spiro atoms. The Kier molecular flexibility index (Phi) is 4.74. The molecular weight excluding hydrogens is 395 g/mol. The van der Waals surface area contributed by atoms with Gasteiger partial charge in [-0.15, -0.1) is 0 Å². The quantitative estimate of drug-likeness (QED) is 0.721. The maximum atomic E-state index is 9.48. The van der Waals surface area contributed by atoms with E-state index in [1.54, 1.807) is 6.20 Å². The number of hydrogen-bond donors (Lipinski definition) is 0. The molecule has 120 valence electrons. The van der Waals surface area contributed by atoms with E-state index in [-0.39, 0.29) is 6.23 Å². The van der Waals surface area contributed by atoms with E-state index in [9.17, 15) is 5.26 Å². The molecule has 0 aliphatic carbocycles. The second-order valence-electron chi connectivity index (χ2n) is 6.98. The molecule has 0 aromatic carbocycles.